The van der Waals surface area contributed by atoms with E-state index in [-0.39, 0.29) is 0 Å². The van der Waals surface area contributed by atoms with Crippen molar-refractivity contribution in [2.45, 2.75) is 13.5 Å². The van der Waals surface area contributed by atoms with Crippen LogP contribution in [0, 0.1) is 6.92 Å². The number of methoxy groups -OCH3 is 1. The highest BCUT2D eigenvalue weighted by atomic mass is 16.5. The number of hydrogen-bond acceptors (Lipinski definition) is 3. The smallest absolute Gasteiger partial charge is 0.0587 e. The minimum Gasteiger partial charge on any atom is -0.383 e. The van der Waals surface area contributed by atoms with Crippen molar-refractivity contribution in [1.82, 2.24) is 5.32 Å². The molecule has 0 saturated heterocycles. The lowest BCUT2D eigenvalue weighted by atomic mass is 10.1. The zero-order valence-corrected chi connectivity index (χ0v) is 13.1. The van der Waals surface area contributed by atoms with Crippen LogP contribution >= 0.6 is 0 Å². The Balaban J connectivity index is 2.15. The summed E-state index contributed by atoms with van der Waals surface area (Å²) in [5, 5.41) is 3.41. The SMILES string of the molecule is COCCNCc1ccccc1N(C)c1cccc(C)c1. The van der Waals surface area contributed by atoms with Crippen LogP contribution in [0.2, 0.25) is 0 Å². The van der Waals surface area contributed by atoms with E-state index < -0.39 is 0 Å². The van der Waals surface area contributed by atoms with E-state index in [2.05, 4.69) is 72.7 Å². The molecule has 2 aromatic rings. The number of ether oxygens (including phenoxy) is 1. The minimum absolute atomic E-state index is 0.732. The predicted molar refractivity (Wildman–Crippen MR) is 89.3 cm³/mol. The Hall–Kier alpha value is -1.84. The van der Waals surface area contributed by atoms with Gasteiger partial charge in [-0.3, -0.25) is 0 Å². The van der Waals surface area contributed by atoms with E-state index in [4.69, 9.17) is 4.74 Å². The Morgan fingerprint density at radius 3 is 2.67 bits per heavy atom. The molecular formula is C18H24N2O. The van der Waals surface area contributed by atoms with E-state index in [0.717, 1.165) is 19.7 Å². The summed E-state index contributed by atoms with van der Waals surface area (Å²) < 4.78 is 5.07. The molecule has 2 aromatic carbocycles. The maximum absolute atomic E-state index is 5.07. The van der Waals surface area contributed by atoms with Crippen LogP contribution in [0.15, 0.2) is 48.5 Å². The van der Waals surface area contributed by atoms with Gasteiger partial charge in [0.25, 0.3) is 0 Å². The first-order valence-corrected chi connectivity index (χ1v) is 7.30. The van der Waals surface area contributed by atoms with Crippen molar-refractivity contribution in [1.29, 1.82) is 0 Å². The van der Waals surface area contributed by atoms with Crippen LogP contribution in [0.5, 0.6) is 0 Å². The van der Waals surface area contributed by atoms with E-state index >= 15 is 0 Å². The number of hydrogen-bond donors (Lipinski definition) is 1. The summed E-state index contributed by atoms with van der Waals surface area (Å²) in [6, 6.07) is 17.1. The van der Waals surface area contributed by atoms with Crippen molar-refractivity contribution in [2.24, 2.45) is 0 Å². The standard InChI is InChI=1S/C18H24N2O/c1-15-7-6-9-17(13-15)20(2)18-10-5-4-8-16(18)14-19-11-12-21-3/h4-10,13,19H,11-12,14H2,1-3H3. The van der Waals surface area contributed by atoms with Gasteiger partial charge in [0.15, 0.2) is 0 Å². The average molecular weight is 284 g/mol. The van der Waals surface area contributed by atoms with Crippen molar-refractivity contribution in [3.63, 3.8) is 0 Å². The van der Waals surface area contributed by atoms with Gasteiger partial charge in [-0.15, -0.1) is 0 Å². The summed E-state index contributed by atoms with van der Waals surface area (Å²) in [5.74, 6) is 0. The summed E-state index contributed by atoms with van der Waals surface area (Å²) >= 11 is 0. The van der Waals surface area contributed by atoms with Crippen LogP contribution in [-0.4, -0.2) is 27.3 Å². The molecule has 0 unspecified atom stereocenters. The summed E-state index contributed by atoms with van der Waals surface area (Å²) in [6.07, 6.45) is 0. The number of benzene rings is 2. The second-order valence-electron chi connectivity index (χ2n) is 5.20. The Bertz CT molecular complexity index is 569. The monoisotopic (exact) mass is 284 g/mol. The van der Waals surface area contributed by atoms with Crippen LogP contribution in [0.1, 0.15) is 11.1 Å². The molecule has 0 aliphatic heterocycles. The molecule has 0 fully saturated rings. The van der Waals surface area contributed by atoms with Gasteiger partial charge in [0.2, 0.25) is 0 Å². The summed E-state index contributed by atoms with van der Waals surface area (Å²) in [5.41, 5.74) is 5.00. The second kappa shape index (κ2) is 7.81. The molecule has 0 aromatic heterocycles. The van der Waals surface area contributed by atoms with Gasteiger partial charge in [0.05, 0.1) is 6.61 Å². The van der Waals surface area contributed by atoms with Crippen LogP contribution in [-0.2, 0) is 11.3 Å². The Kier molecular flexibility index (Phi) is 5.78. The minimum atomic E-state index is 0.732. The Morgan fingerprint density at radius 1 is 1.10 bits per heavy atom. The molecule has 0 radical (unpaired) electrons. The molecule has 0 amide bonds. The van der Waals surface area contributed by atoms with Gasteiger partial charge in [-0.2, -0.15) is 0 Å². The third-order valence-electron chi connectivity index (χ3n) is 3.54. The highest BCUT2D eigenvalue weighted by Gasteiger charge is 2.08. The topological polar surface area (TPSA) is 24.5 Å². The van der Waals surface area contributed by atoms with Crippen LogP contribution in [0.3, 0.4) is 0 Å². The number of aryl methyl sites for hydroxylation is 1. The van der Waals surface area contributed by atoms with Crippen molar-refractivity contribution in [2.75, 3.05) is 32.2 Å². The molecule has 1 N–H and O–H groups in total. The lowest BCUT2D eigenvalue weighted by Gasteiger charge is -2.23. The first kappa shape index (κ1) is 15.5. The predicted octanol–water partition coefficient (Wildman–Crippen LogP) is 3.50. The van der Waals surface area contributed by atoms with E-state index in [9.17, 15) is 0 Å². The Morgan fingerprint density at radius 2 is 1.90 bits per heavy atom. The highest BCUT2D eigenvalue weighted by molar-refractivity contribution is 5.66. The highest BCUT2D eigenvalue weighted by Crippen LogP contribution is 2.27. The van der Waals surface area contributed by atoms with E-state index in [1.165, 1.54) is 22.5 Å². The molecular weight excluding hydrogens is 260 g/mol. The molecule has 0 aliphatic rings. The van der Waals surface area contributed by atoms with Gasteiger partial charge in [-0.05, 0) is 36.2 Å². The fourth-order valence-electron chi connectivity index (χ4n) is 2.36. The molecule has 112 valence electrons. The normalized spacial score (nSPS) is 10.6. The molecule has 3 heteroatoms. The van der Waals surface area contributed by atoms with Gasteiger partial charge >= 0.3 is 0 Å². The average Bonchev–Trinajstić information content (AvgIpc) is 2.51. The molecule has 0 spiro atoms. The lowest BCUT2D eigenvalue weighted by Crippen LogP contribution is -2.20. The molecule has 0 heterocycles. The lowest BCUT2D eigenvalue weighted by molar-refractivity contribution is 0.199. The molecule has 0 saturated carbocycles. The number of para-hydroxylation sites is 1. The zero-order chi connectivity index (χ0) is 15.1. The first-order valence-electron chi connectivity index (χ1n) is 7.30. The van der Waals surface area contributed by atoms with Gasteiger partial charge in [-0.25, -0.2) is 0 Å². The maximum atomic E-state index is 5.07. The second-order valence-corrected chi connectivity index (χ2v) is 5.20. The van der Waals surface area contributed by atoms with Gasteiger partial charge < -0.3 is 15.0 Å². The number of anilines is 2. The summed E-state index contributed by atoms with van der Waals surface area (Å²) in [4.78, 5) is 2.24. The number of nitrogens with zero attached hydrogens (tertiary/aromatic N) is 1. The molecule has 3 nitrogen and oxygen atoms in total. The third-order valence-corrected chi connectivity index (χ3v) is 3.54. The molecule has 0 bridgehead atoms. The van der Waals surface area contributed by atoms with E-state index in [0.29, 0.717) is 0 Å². The molecule has 0 atom stereocenters. The van der Waals surface area contributed by atoms with Crippen molar-refractivity contribution < 1.29 is 4.74 Å². The fraction of sp³-hybridized carbons (Fsp3) is 0.333. The van der Waals surface area contributed by atoms with E-state index in [1.807, 2.05) is 0 Å². The number of nitrogens with one attached hydrogen (secondary N) is 1. The molecule has 0 aliphatic carbocycles. The molecule has 21 heavy (non-hydrogen) atoms. The van der Waals surface area contributed by atoms with E-state index in [1.54, 1.807) is 7.11 Å². The summed E-state index contributed by atoms with van der Waals surface area (Å²) in [6.45, 7) is 4.56. The number of rotatable bonds is 7. The third kappa shape index (κ3) is 4.31. The maximum Gasteiger partial charge on any atom is 0.0587 e. The molecule has 2 rings (SSSR count). The first-order chi connectivity index (χ1) is 10.2. The van der Waals surface area contributed by atoms with Gasteiger partial charge in [0, 0.05) is 38.6 Å². The van der Waals surface area contributed by atoms with Crippen molar-refractivity contribution >= 4 is 11.4 Å². The van der Waals surface area contributed by atoms with Crippen molar-refractivity contribution in [3.8, 4) is 0 Å². The fourth-order valence-corrected chi connectivity index (χ4v) is 2.36. The quantitative estimate of drug-likeness (QED) is 0.788. The van der Waals surface area contributed by atoms with Gasteiger partial charge in [-0.1, -0.05) is 30.3 Å². The van der Waals surface area contributed by atoms with Crippen LogP contribution in [0.25, 0.3) is 0 Å². The van der Waals surface area contributed by atoms with Crippen molar-refractivity contribution in [3.05, 3.63) is 59.7 Å². The van der Waals surface area contributed by atoms with Gasteiger partial charge in [0.1, 0.15) is 0 Å². The summed E-state index contributed by atoms with van der Waals surface area (Å²) in [7, 11) is 3.84. The largest absolute Gasteiger partial charge is 0.383 e. The van der Waals surface area contributed by atoms with Crippen LogP contribution < -0.4 is 10.2 Å². The van der Waals surface area contributed by atoms with Crippen LogP contribution in [0.4, 0.5) is 11.4 Å². The Labute approximate surface area is 127 Å². The zero-order valence-electron chi connectivity index (χ0n) is 13.1.